The van der Waals surface area contributed by atoms with E-state index in [1.165, 1.54) is 32.1 Å². The van der Waals surface area contributed by atoms with Crippen molar-refractivity contribution >= 4 is 6.16 Å². The van der Waals surface area contributed by atoms with Crippen molar-refractivity contribution in [3.8, 4) is 0 Å². The molecule has 0 amide bonds. The van der Waals surface area contributed by atoms with E-state index in [1.807, 2.05) is 0 Å². The van der Waals surface area contributed by atoms with Gasteiger partial charge in [-0.25, -0.2) is 4.79 Å². The van der Waals surface area contributed by atoms with Gasteiger partial charge in [-0.05, 0) is 0 Å². The zero-order valence-electron chi connectivity index (χ0n) is 7.39. The van der Waals surface area contributed by atoms with E-state index in [9.17, 15) is 0 Å². The van der Waals surface area contributed by atoms with E-state index in [0.717, 1.165) is 0 Å². The van der Waals surface area contributed by atoms with Crippen LogP contribution >= 0.6 is 0 Å². The second-order valence-electron chi connectivity index (χ2n) is 2.21. The van der Waals surface area contributed by atoms with Gasteiger partial charge in [0.15, 0.2) is 0 Å². The molecule has 5 nitrogen and oxygen atoms in total. The second kappa shape index (κ2) is 17.8. The summed E-state index contributed by atoms with van der Waals surface area (Å²) in [6.07, 6.45) is 7.67. The molecule has 0 radical (unpaired) electrons. The molecule has 1 saturated carbocycles. The van der Waals surface area contributed by atoms with Gasteiger partial charge in [0.25, 0.3) is 0 Å². The van der Waals surface area contributed by atoms with E-state index < -0.39 is 6.16 Å². The molecule has 0 unspecified atom stereocenters. The maximum Gasteiger partial charge on any atom is 0.503 e. The fourth-order valence-electron chi connectivity index (χ4n) is 0.898. The van der Waals surface area contributed by atoms with Gasteiger partial charge in [0.05, 0.1) is 0 Å². The predicted molar refractivity (Wildman–Crippen MR) is 48.6 cm³/mol. The molecular weight excluding hydrogens is 355 g/mol. The Kier molecular flexibility index (Phi) is 31.6. The van der Waals surface area contributed by atoms with Crippen LogP contribution in [0.5, 0.6) is 0 Å². The standard InChI is InChI=1S/C6H11.CH2O3.2H2N.Pt/c1-2-4-6-5-3-1;2-1(3)4;;;/h1H,2-6H2;(H2,2,3,4);2*1H2;/q-1;;2*-1;. The van der Waals surface area contributed by atoms with Crippen molar-refractivity contribution in [2.45, 2.75) is 32.1 Å². The molecule has 6 N–H and O–H groups in total. The van der Waals surface area contributed by atoms with E-state index in [-0.39, 0.29) is 33.4 Å². The summed E-state index contributed by atoms with van der Waals surface area (Å²) in [6, 6.07) is 0. The van der Waals surface area contributed by atoms with Gasteiger partial charge in [-0.1, -0.05) is 19.3 Å². The minimum Gasteiger partial charge on any atom is -0.693 e. The van der Waals surface area contributed by atoms with E-state index >= 15 is 0 Å². The van der Waals surface area contributed by atoms with Crippen molar-refractivity contribution in [1.82, 2.24) is 0 Å². The zero-order chi connectivity index (χ0) is 7.82. The van der Waals surface area contributed by atoms with Crippen LogP contribution in [-0.4, -0.2) is 16.4 Å². The van der Waals surface area contributed by atoms with E-state index in [1.54, 1.807) is 0 Å². The molecule has 0 aliphatic heterocycles. The summed E-state index contributed by atoms with van der Waals surface area (Å²) >= 11 is 0. The van der Waals surface area contributed by atoms with Crippen LogP contribution in [0.3, 0.4) is 0 Å². The molecule has 1 aliphatic rings. The van der Waals surface area contributed by atoms with Crippen LogP contribution in [0.1, 0.15) is 32.1 Å². The smallest absolute Gasteiger partial charge is 0.503 e. The summed E-state index contributed by atoms with van der Waals surface area (Å²) in [4.78, 5) is 8.56. The number of hydrogen-bond donors (Lipinski definition) is 2. The van der Waals surface area contributed by atoms with Crippen molar-refractivity contribution in [2.24, 2.45) is 0 Å². The predicted octanol–water partition coefficient (Wildman–Crippen LogP) is 3.81. The van der Waals surface area contributed by atoms with Gasteiger partial charge >= 0.3 is 6.16 Å². The molecule has 13 heavy (non-hydrogen) atoms. The second-order valence-corrected chi connectivity index (χ2v) is 2.21. The van der Waals surface area contributed by atoms with Gasteiger partial charge < -0.3 is 28.9 Å². The van der Waals surface area contributed by atoms with Crippen LogP contribution in [0.2, 0.25) is 0 Å². The molecule has 1 aliphatic carbocycles. The molecule has 0 bridgehead atoms. The van der Waals surface area contributed by atoms with Gasteiger partial charge in [-0.15, -0.1) is 0 Å². The van der Waals surface area contributed by atoms with Crippen molar-refractivity contribution in [2.75, 3.05) is 0 Å². The molecule has 0 saturated heterocycles. The van der Waals surface area contributed by atoms with Crippen molar-refractivity contribution < 1.29 is 36.1 Å². The number of carboxylic acid groups (broad SMARTS) is 2. The molecule has 0 spiro atoms. The number of nitrogens with two attached hydrogens (primary N) is 2. The van der Waals surface area contributed by atoms with Crippen molar-refractivity contribution in [3.05, 3.63) is 18.7 Å². The fraction of sp³-hybridized carbons (Fsp3) is 0.714. The number of carbonyl (C=O) groups is 1. The Balaban J connectivity index is -0.0000000536. The van der Waals surface area contributed by atoms with Crippen LogP contribution in [-0.2, 0) is 21.1 Å². The molecule has 0 atom stereocenters. The third-order valence-corrected chi connectivity index (χ3v) is 1.32. The van der Waals surface area contributed by atoms with Gasteiger partial charge in [0.2, 0.25) is 0 Å². The Labute approximate surface area is 93.3 Å². The Morgan fingerprint density at radius 1 is 1.00 bits per heavy atom. The van der Waals surface area contributed by atoms with E-state index in [4.69, 9.17) is 15.0 Å². The normalized spacial score (nSPS) is 12.9. The minimum absolute atomic E-state index is 0. The molecule has 1 rings (SSSR count). The first-order valence-electron chi connectivity index (χ1n) is 3.47. The van der Waals surface area contributed by atoms with Crippen LogP contribution in [0.4, 0.5) is 4.79 Å². The first-order chi connectivity index (χ1) is 4.73. The summed E-state index contributed by atoms with van der Waals surface area (Å²) in [7, 11) is 0. The third-order valence-electron chi connectivity index (χ3n) is 1.32. The topological polar surface area (TPSA) is 125 Å². The SMILES string of the molecule is O=C(O)O.[CH-]1CCCCC1.[NH2-].[NH2-].[Pt]. The summed E-state index contributed by atoms with van der Waals surface area (Å²) in [6.45, 7) is 0. The summed E-state index contributed by atoms with van der Waals surface area (Å²) in [5.41, 5.74) is 0. The van der Waals surface area contributed by atoms with Crippen LogP contribution in [0, 0.1) is 6.42 Å². The van der Waals surface area contributed by atoms with Gasteiger partial charge in [0, 0.05) is 21.1 Å². The molecule has 1 fully saturated rings. The Hall–Kier alpha value is -0.122. The fourth-order valence-corrected chi connectivity index (χ4v) is 0.898. The zero-order valence-corrected chi connectivity index (χ0v) is 9.66. The van der Waals surface area contributed by atoms with Crippen molar-refractivity contribution in [3.63, 3.8) is 0 Å². The molecule has 0 heterocycles. The average Bonchev–Trinajstić information content (AvgIpc) is 1.90. The molecule has 0 aromatic rings. The molecule has 0 aromatic heterocycles. The van der Waals surface area contributed by atoms with Crippen LogP contribution < -0.4 is 0 Å². The Morgan fingerprint density at radius 3 is 1.38 bits per heavy atom. The van der Waals surface area contributed by atoms with Gasteiger partial charge in [-0.2, -0.15) is 12.8 Å². The van der Waals surface area contributed by atoms with Crippen molar-refractivity contribution in [1.29, 1.82) is 0 Å². The largest absolute Gasteiger partial charge is 0.693 e. The molecular formula is C7H17N2O3Pt-3. The Bertz CT molecular complexity index is 84.2. The van der Waals surface area contributed by atoms with Crippen LogP contribution in [0.25, 0.3) is 12.3 Å². The quantitative estimate of drug-likeness (QED) is 0.628. The Morgan fingerprint density at radius 2 is 1.31 bits per heavy atom. The minimum atomic E-state index is -1.83. The average molecular weight is 372 g/mol. The maximum absolute atomic E-state index is 8.56. The van der Waals surface area contributed by atoms with Crippen LogP contribution in [0.15, 0.2) is 0 Å². The molecule has 86 valence electrons. The molecule has 6 heteroatoms. The first kappa shape index (κ1) is 23.1. The van der Waals surface area contributed by atoms with E-state index in [2.05, 4.69) is 6.42 Å². The van der Waals surface area contributed by atoms with Gasteiger partial charge in [-0.3, -0.25) is 0 Å². The summed E-state index contributed by atoms with van der Waals surface area (Å²) in [5.74, 6) is 0. The summed E-state index contributed by atoms with van der Waals surface area (Å²) in [5, 5.41) is 13.9. The van der Waals surface area contributed by atoms with Gasteiger partial charge in [0.1, 0.15) is 0 Å². The monoisotopic (exact) mass is 372 g/mol. The third kappa shape index (κ3) is 33.5. The maximum atomic E-state index is 8.56. The first-order valence-corrected chi connectivity index (χ1v) is 3.47. The summed E-state index contributed by atoms with van der Waals surface area (Å²) < 4.78 is 0. The number of hydrogen-bond acceptors (Lipinski definition) is 1. The number of rotatable bonds is 0. The molecule has 0 aromatic carbocycles. The van der Waals surface area contributed by atoms with E-state index in [0.29, 0.717) is 0 Å².